The van der Waals surface area contributed by atoms with Gasteiger partial charge in [-0.05, 0) is 33.2 Å². The van der Waals surface area contributed by atoms with Crippen LogP contribution in [0.4, 0.5) is 0 Å². The molecular formula is C20H35NO. The van der Waals surface area contributed by atoms with Gasteiger partial charge in [-0.25, -0.2) is 0 Å². The van der Waals surface area contributed by atoms with Crippen molar-refractivity contribution in [1.82, 2.24) is 4.90 Å². The third-order valence-corrected chi connectivity index (χ3v) is 4.63. The van der Waals surface area contributed by atoms with Crippen molar-refractivity contribution in [2.24, 2.45) is 11.8 Å². The van der Waals surface area contributed by atoms with Crippen LogP contribution in [0.25, 0.3) is 0 Å². The molecule has 0 saturated heterocycles. The second kappa shape index (κ2) is 9.09. The Morgan fingerprint density at radius 2 is 1.73 bits per heavy atom. The van der Waals surface area contributed by atoms with E-state index in [9.17, 15) is 4.79 Å². The van der Waals surface area contributed by atoms with Crippen molar-refractivity contribution in [3.05, 3.63) is 36.0 Å². The third-order valence-electron chi connectivity index (χ3n) is 4.63. The SMILES string of the molecule is C=C/C(=C\C=C(/C)CN(CC)C(C)(C)C(C)C)C(=O)C(C)C. The van der Waals surface area contributed by atoms with Crippen LogP contribution >= 0.6 is 0 Å². The largest absolute Gasteiger partial charge is 0.294 e. The van der Waals surface area contributed by atoms with E-state index >= 15 is 0 Å². The normalized spacial score (nSPS) is 14.1. The number of Topliss-reactive ketones (excluding diaryl/α,β-unsaturated/α-hetero) is 1. The average molecular weight is 306 g/mol. The molecule has 0 rings (SSSR count). The molecule has 0 fully saturated rings. The fraction of sp³-hybridized carbons (Fsp3) is 0.650. The molecule has 0 aliphatic carbocycles. The maximum atomic E-state index is 12.0. The van der Waals surface area contributed by atoms with E-state index in [2.05, 4.69) is 59.1 Å². The van der Waals surface area contributed by atoms with Gasteiger partial charge in [-0.3, -0.25) is 9.69 Å². The number of nitrogens with zero attached hydrogens (tertiary/aromatic N) is 1. The van der Waals surface area contributed by atoms with Crippen LogP contribution in [0.5, 0.6) is 0 Å². The maximum Gasteiger partial charge on any atom is 0.165 e. The second-order valence-electron chi connectivity index (χ2n) is 7.18. The van der Waals surface area contributed by atoms with Gasteiger partial charge >= 0.3 is 0 Å². The lowest BCUT2D eigenvalue weighted by Crippen LogP contribution is -2.48. The van der Waals surface area contributed by atoms with E-state index in [-0.39, 0.29) is 17.2 Å². The molecule has 126 valence electrons. The fourth-order valence-electron chi connectivity index (χ4n) is 2.26. The van der Waals surface area contributed by atoms with Crippen LogP contribution in [0.2, 0.25) is 0 Å². The Morgan fingerprint density at radius 1 is 1.18 bits per heavy atom. The second-order valence-corrected chi connectivity index (χ2v) is 7.18. The van der Waals surface area contributed by atoms with Crippen LogP contribution in [0.3, 0.4) is 0 Å². The highest BCUT2D eigenvalue weighted by Gasteiger charge is 2.28. The summed E-state index contributed by atoms with van der Waals surface area (Å²) in [6.07, 6.45) is 5.61. The Morgan fingerprint density at radius 3 is 2.09 bits per heavy atom. The van der Waals surface area contributed by atoms with Gasteiger partial charge in [-0.15, -0.1) is 0 Å². The molecule has 0 bridgehead atoms. The minimum atomic E-state index is 0.00460. The van der Waals surface area contributed by atoms with Crippen molar-refractivity contribution >= 4 is 5.78 Å². The molecule has 0 aliphatic heterocycles. The lowest BCUT2D eigenvalue weighted by molar-refractivity contribution is -0.117. The molecule has 0 aromatic heterocycles. The lowest BCUT2D eigenvalue weighted by Gasteiger charge is -2.41. The lowest BCUT2D eigenvalue weighted by atomic mass is 9.88. The topological polar surface area (TPSA) is 20.3 Å². The summed E-state index contributed by atoms with van der Waals surface area (Å²) in [5, 5.41) is 0. The number of hydrogen-bond donors (Lipinski definition) is 0. The summed E-state index contributed by atoms with van der Waals surface area (Å²) in [4.78, 5) is 14.5. The predicted molar refractivity (Wildman–Crippen MR) is 98.0 cm³/mol. The van der Waals surface area contributed by atoms with E-state index in [0.29, 0.717) is 11.5 Å². The number of hydrogen-bond acceptors (Lipinski definition) is 2. The van der Waals surface area contributed by atoms with Gasteiger partial charge in [0.05, 0.1) is 0 Å². The van der Waals surface area contributed by atoms with Crippen molar-refractivity contribution < 1.29 is 4.79 Å². The molecule has 0 aliphatic rings. The zero-order valence-electron chi connectivity index (χ0n) is 15.9. The summed E-state index contributed by atoms with van der Waals surface area (Å²) in [6, 6.07) is 0. The van der Waals surface area contributed by atoms with Crippen molar-refractivity contribution in [2.45, 2.75) is 60.9 Å². The van der Waals surface area contributed by atoms with Crippen molar-refractivity contribution in [2.75, 3.05) is 13.1 Å². The summed E-state index contributed by atoms with van der Waals surface area (Å²) in [6.45, 7) is 22.9. The van der Waals surface area contributed by atoms with Crippen molar-refractivity contribution in [1.29, 1.82) is 0 Å². The molecule has 0 heterocycles. The fourth-order valence-corrected chi connectivity index (χ4v) is 2.26. The van der Waals surface area contributed by atoms with Crippen LogP contribution in [-0.4, -0.2) is 29.3 Å². The van der Waals surface area contributed by atoms with E-state index in [0.717, 1.165) is 13.1 Å². The van der Waals surface area contributed by atoms with Crippen LogP contribution in [0.15, 0.2) is 36.0 Å². The first-order valence-corrected chi connectivity index (χ1v) is 8.37. The number of allylic oxidation sites excluding steroid dienone is 4. The molecule has 0 radical (unpaired) electrons. The minimum Gasteiger partial charge on any atom is -0.294 e. The predicted octanol–water partition coefficient (Wildman–Crippen LogP) is 5.03. The summed E-state index contributed by atoms with van der Waals surface area (Å²) in [7, 11) is 0. The first-order valence-electron chi connectivity index (χ1n) is 8.37. The van der Waals surface area contributed by atoms with Crippen LogP contribution in [-0.2, 0) is 4.79 Å². The molecular weight excluding hydrogens is 270 g/mol. The van der Waals surface area contributed by atoms with E-state index < -0.39 is 0 Å². The molecule has 0 saturated carbocycles. The number of ketones is 1. The molecule has 0 N–H and O–H groups in total. The summed E-state index contributed by atoms with van der Waals surface area (Å²) < 4.78 is 0. The van der Waals surface area contributed by atoms with E-state index in [1.54, 1.807) is 6.08 Å². The van der Waals surface area contributed by atoms with Gasteiger partial charge in [0.15, 0.2) is 5.78 Å². The van der Waals surface area contributed by atoms with Gasteiger partial charge in [0.2, 0.25) is 0 Å². The van der Waals surface area contributed by atoms with Gasteiger partial charge in [0.1, 0.15) is 0 Å². The Balaban J connectivity index is 5.14. The van der Waals surface area contributed by atoms with E-state index in [1.165, 1.54) is 5.57 Å². The monoisotopic (exact) mass is 305 g/mol. The molecule has 0 amide bonds. The zero-order chi connectivity index (χ0) is 17.5. The first-order chi connectivity index (χ1) is 10.1. The highest BCUT2D eigenvalue weighted by atomic mass is 16.1. The van der Waals surface area contributed by atoms with Gasteiger partial charge in [-0.1, -0.05) is 65.0 Å². The van der Waals surface area contributed by atoms with E-state index in [4.69, 9.17) is 0 Å². The Bertz CT molecular complexity index is 439. The molecule has 2 nitrogen and oxygen atoms in total. The number of carbonyl (C=O) groups excluding carboxylic acids is 1. The molecule has 22 heavy (non-hydrogen) atoms. The summed E-state index contributed by atoms with van der Waals surface area (Å²) >= 11 is 0. The molecule has 0 spiro atoms. The Kier molecular flexibility index (Phi) is 8.62. The van der Waals surface area contributed by atoms with Gasteiger partial charge in [-0.2, -0.15) is 0 Å². The Labute approximate surface area is 138 Å². The maximum absolute atomic E-state index is 12.0. The van der Waals surface area contributed by atoms with Crippen molar-refractivity contribution in [3.8, 4) is 0 Å². The molecule has 0 aromatic carbocycles. The van der Waals surface area contributed by atoms with Crippen molar-refractivity contribution in [3.63, 3.8) is 0 Å². The number of carbonyl (C=O) groups is 1. The quantitative estimate of drug-likeness (QED) is 0.440. The summed E-state index contributed by atoms with van der Waals surface area (Å²) in [5.74, 6) is 0.737. The molecule has 0 atom stereocenters. The van der Waals surface area contributed by atoms with Crippen LogP contribution < -0.4 is 0 Å². The molecule has 0 aromatic rings. The van der Waals surface area contributed by atoms with Gasteiger partial charge in [0, 0.05) is 23.6 Å². The number of likely N-dealkylation sites (N-methyl/N-ethyl adjacent to an activating group) is 1. The average Bonchev–Trinajstić information content (AvgIpc) is 2.44. The van der Waals surface area contributed by atoms with Crippen LogP contribution in [0.1, 0.15) is 55.4 Å². The first kappa shape index (κ1) is 20.9. The summed E-state index contributed by atoms with van der Waals surface area (Å²) in [5.41, 5.74) is 2.11. The van der Waals surface area contributed by atoms with Gasteiger partial charge < -0.3 is 0 Å². The smallest absolute Gasteiger partial charge is 0.165 e. The third kappa shape index (κ3) is 5.92. The Hall–Kier alpha value is -1.15. The molecule has 2 heteroatoms. The number of rotatable bonds is 9. The standard InChI is InChI=1S/C20H35NO/c1-10-18(19(22)15(3)4)13-12-17(7)14-21(11-2)20(8,9)16(5)6/h10,12-13,15-16H,1,11,14H2,2-9H3/b17-12+,18-13+. The highest BCUT2D eigenvalue weighted by Crippen LogP contribution is 2.24. The van der Waals surface area contributed by atoms with Gasteiger partial charge in [0.25, 0.3) is 0 Å². The molecule has 0 unspecified atom stereocenters. The highest BCUT2D eigenvalue weighted by molar-refractivity contribution is 5.99. The minimum absolute atomic E-state index is 0.00460. The zero-order valence-corrected chi connectivity index (χ0v) is 15.9. The van der Waals surface area contributed by atoms with Crippen LogP contribution in [0, 0.1) is 11.8 Å². The van der Waals surface area contributed by atoms with E-state index in [1.807, 2.05) is 19.9 Å².